The van der Waals surface area contributed by atoms with Crippen LogP contribution in [-0.4, -0.2) is 36.2 Å². The summed E-state index contributed by atoms with van der Waals surface area (Å²) in [5.74, 6) is 1.20. The van der Waals surface area contributed by atoms with Gasteiger partial charge in [-0.05, 0) is 81.6 Å². The van der Waals surface area contributed by atoms with Crippen molar-refractivity contribution in [2.45, 2.75) is 20.5 Å². The van der Waals surface area contributed by atoms with Gasteiger partial charge in [0.1, 0.15) is 6.61 Å². The van der Waals surface area contributed by atoms with Crippen LogP contribution < -0.4 is 9.47 Å². The number of ether oxygens (including phenoxy) is 2. The number of amidine groups is 1. The normalized spacial score (nSPS) is 16.2. The van der Waals surface area contributed by atoms with Crippen LogP contribution in [0.3, 0.4) is 0 Å². The fraction of sp³-hybridized carbons (Fsp3) is 0.231. The van der Waals surface area contributed by atoms with Crippen LogP contribution in [0.1, 0.15) is 25.0 Å². The van der Waals surface area contributed by atoms with Gasteiger partial charge >= 0.3 is 0 Å². The van der Waals surface area contributed by atoms with E-state index in [4.69, 9.17) is 9.47 Å². The molecule has 0 aromatic heterocycles. The average Bonchev–Trinajstić information content (AvgIpc) is 3.12. The molecule has 1 aliphatic heterocycles. The number of thioether (sulfide) groups is 1. The highest BCUT2D eigenvalue weighted by molar-refractivity contribution is 9.10. The fourth-order valence-corrected chi connectivity index (χ4v) is 5.40. The zero-order valence-corrected chi connectivity index (χ0v) is 21.2. The van der Waals surface area contributed by atoms with Crippen LogP contribution >= 0.6 is 27.7 Å². The standard InChI is InChI=1S/C26H25BrN2O3S/c1-4-28-26-29(5-2)25(30)23(33-26)15-17-13-21(27)24(22(14-17)31-3)32-16-19-11-8-10-18-9-6-7-12-20(18)19/h6-15H,4-5,16H2,1-3H3/b23-15-,28-26?. The Bertz CT molecular complexity index is 1250. The van der Waals surface area contributed by atoms with Gasteiger partial charge in [-0.15, -0.1) is 0 Å². The van der Waals surface area contributed by atoms with Gasteiger partial charge in [0.2, 0.25) is 0 Å². The molecule has 170 valence electrons. The minimum absolute atomic E-state index is 0.0268. The van der Waals surface area contributed by atoms with E-state index in [1.165, 1.54) is 22.5 Å². The first-order chi connectivity index (χ1) is 16.0. The lowest BCUT2D eigenvalue weighted by Crippen LogP contribution is -2.28. The molecule has 5 nitrogen and oxygen atoms in total. The van der Waals surface area contributed by atoms with E-state index in [0.717, 1.165) is 20.8 Å². The SMILES string of the molecule is CCN=C1S/C(=C\c2cc(Br)c(OCc3cccc4ccccc34)c(OC)c2)C(=O)N1CC. The predicted molar refractivity (Wildman–Crippen MR) is 140 cm³/mol. The number of hydrogen-bond acceptors (Lipinski definition) is 5. The highest BCUT2D eigenvalue weighted by Gasteiger charge is 2.31. The van der Waals surface area contributed by atoms with Gasteiger partial charge in [0.15, 0.2) is 16.7 Å². The van der Waals surface area contributed by atoms with E-state index in [0.29, 0.717) is 36.1 Å². The molecule has 4 rings (SSSR count). The molecule has 0 radical (unpaired) electrons. The van der Waals surface area contributed by atoms with Gasteiger partial charge in [0.25, 0.3) is 5.91 Å². The lowest BCUT2D eigenvalue weighted by Gasteiger charge is -2.15. The van der Waals surface area contributed by atoms with Crippen molar-refractivity contribution >= 4 is 55.6 Å². The maximum Gasteiger partial charge on any atom is 0.266 e. The molecule has 0 saturated carbocycles. The summed E-state index contributed by atoms with van der Waals surface area (Å²) in [6.07, 6.45) is 1.87. The van der Waals surface area contributed by atoms with E-state index in [9.17, 15) is 4.79 Å². The van der Waals surface area contributed by atoms with Gasteiger partial charge in [-0.2, -0.15) is 0 Å². The van der Waals surface area contributed by atoms with Gasteiger partial charge in [0.05, 0.1) is 16.5 Å². The van der Waals surface area contributed by atoms with E-state index in [1.54, 1.807) is 12.0 Å². The van der Waals surface area contributed by atoms with Crippen molar-refractivity contribution < 1.29 is 14.3 Å². The van der Waals surface area contributed by atoms with Crippen molar-refractivity contribution in [2.75, 3.05) is 20.2 Å². The van der Waals surface area contributed by atoms with E-state index in [-0.39, 0.29) is 5.91 Å². The number of likely N-dealkylation sites (N-methyl/N-ethyl adjacent to an activating group) is 1. The molecule has 3 aromatic carbocycles. The smallest absolute Gasteiger partial charge is 0.266 e. The molecule has 1 amide bonds. The second-order valence-electron chi connectivity index (χ2n) is 7.38. The summed E-state index contributed by atoms with van der Waals surface area (Å²) >= 11 is 5.03. The molecule has 0 N–H and O–H groups in total. The molecule has 1 saturated heterocycles. The molecule has 0 unspecified atom stereocenters. The number of benzene rings is 3. The highest BCUT2D eigenvalue weighted by Crippen LogP contribution is 2.39. The first kappa shape index (κ1) is 23.4. The number of amides is 1. The molecule has 1 fully saturated rings. The monoisotopic (exact) mass is 524 g/mol. The molecule has 0 spiro atoms. The van der Waals surface area contributed by atoms with Crippen LogP contribution in [0.5, 0.6) is 11.5 Å². The number of methoxy groups -OCH3 is 1. The van der Waals surface area contributed by atoms with Gasteiger partial charge in [-0.25, -0.2) is 0 Å². The lowest BCUT2D eigenvalue weighted by atomic mass is 10.1. The third-order valence-electron chi connectivity index (χ3n) is 5.30. The molecule has 33 heavy (non-hydrogen) atoms. The summed E-state index contributed by atoms with van der Waals surface area (Å²) < 4.78 is 12.6. The Morgan fingerprint density at radius 1 is 1.12 bits per heavy atom. The molecule has 1 aliphatic rings. The Kier molecular flexibility index (Phi) is 7.40. The fourth-order valence-electron chi connectivity index (χ4n) is 3.72. The van der Waals surface area contributed by atoms with Crippen molar-refractivity contribution in [1.29, 1.82) is 0 Å². The molecule has 1 heterocycles. The zero-order valence-electron chi connectivity index (χ0n) is 18.8. The number of nitrogens with zero attached hydrogens (tertiary/aromatic N) is 2. The lowest BCUT2D eigenvalue weighted by molar-refractivity contribution is -0.122. The van der Waals surface area contributed by atoms with Crippen LogP contribution in [0.15, 0.2) is 69.0 Å². The highest BCUT2D eigenvalue weighted by atomic mass is 79.9. The van der Waals surface area contributed by atoms with E-state index < -0.39 is 0 Å². The van der Waals surface area contributed by atoms with Crippen LogP contribution in [0.25, 0.3) is 16.8 Å². The Morgan fingerprint density at radius 3 is 2.67 bits per heavy atom. The largest absolute Gasteiger partial charge is 0.493 e. The van der Waals surface area contributed by atoms with Gasteiger partial charge in [0, 0.05) is 13.1 Å². The summed E-state index contributed by atoms with van der Waals surface area (Å²) in [7, 11) is 1.61. The third kappa shape index (κ3) is 4.94. The van der Waals surface area contributed by atoms with Crippen LogP contribution in [-0.2, 0) is 11.4 Å². The second kappa shape index (κ2) is 10.4. The maximum atomic E-state index is 12.8. The Balaban J connectivity index is 1.60. The minimum Gasteiger partial charge on any atom is -0.493 e. The van der Waals surface area contributed by atoms with Crippen LogP contribution in [0, 0.1) is 0 Å². The predicted octanol–water partition coefficient (Wildman–Crippen LogP) is 6.50. The first-order valence-corrected chi connectivity index (χ1v) is 12.4. The number of rotatable bonds is 7. The number of fused-ring (bicyclic) bond motifs is 1. The Hall–Kier alpha value is -2.77. The molecular weight excluding hydrogens is 500 g/mol. The van der Waals surface area contributed by atoms with E-state index in [2.05, 4.69) is 45.2 Å². The third-order valence-corrected chi connectivity index (χ3v) is 6.93. The number of hydrogen-bond donors (Lipinski definition) is 0. The van der Waals surface area contributed by atoms with Crippen LogP contribution in [0.2, 0.25) is 0 Å². The molecule has 0 aliphatic carbocycles. The summed E-state index contributed by atoms with van der Waals surface area (Å²) in [6.45, 7) is 5.56. The molecular formula is C26H25BrN2O3S. The number of carbonyl (C=O) groups excluding carboxylic acids is 1. The van der Waals surface area contributed by atoms with Crippen molar-refractivity contribution in [3.63, 3.8) is 0 Å². The summed E-state index contributed by atoms with van der Waals surface area (Å²) in [4.78, 5) is 19.6. The molecule has 3 aromatic rings. The number of carbonyl (C=O) groups is 1. The maximum absolute atomic E-state index is 12.8. The van der Waals surface area contributed by atoms with Gasteiger partial charge in [-0.1, -0.05) is 42.5 Å². The number of aliphatic imine (C=N–C) groups is 1. The Labute approximate surface area is 206 Å². The summed E-state index contributed by atoms with van der Waals surface area (Å²) in [5.41, 5.74) is 1.95. The van der Waals surface area contributed by atoms with Gasteiger partial charge < -0.3 is 9.47 Å². The van der Waals surface area contributed by atoms with Gasteiger partial charge in [-0.3, -0.25) is 14.7 Å². The molecule has 0 bridgehead atoms. The van der Waals surface area contributed by atoms with Crippen molar-refractivity contribution in [3.05, 3.63) is 75.1 Å². The summed E-state index contributed by atoms with van der Waals surface area (Å²) in [6, 6.07) is 18.3. The molecule has 0 atom stereocenters. The van der Waals surface area contributed by atoms with E-state index >= 15 is 0 Å². The second-order valence-corrected chi connectivity index (χ2v) is 9.24. The van der Waals surface area contributed by atoms with Crippen molar-refractivity contribution in [1.82, 2.24) is 4.90 Å². The average molecular weight is 525 g/mol. The number of halogens is 1. The topological polar surface area (TPSA) is 51.1 Å². The molecule has 7 heteroatoms. The quantitative estimate of drug-likeness (QED) is 0.331. The zero-order chi connectivity index (χ0) is 23.4. The van der Waals surface area contributed by atoms with Crippen molar-refractivity contribution in [2.24, 2.45) is 4.99 Å². The van der Waals surface area contributed by atoms with Crippen LogP contribution in [0.4, 0.5) is 0 Å². The summed E-state index contributed by atoms with van der Waals surface area (Å²) in [5, 5.41) is 3.09. The minimum atomic E-state index is -0.0268. The van der Waals surface area contributed by atoms with Crippen molar-refractivity contribution in [3.8, 4) is 11.5 Å². The Morgan fingerprint density at radius 2 is 1.91 bits per heavy atom. The van der Waals surface area contributed by atoms with E-state index in [1.807, 2.05) is 50.3 Å². The first-order valence-electron chi connectivity index (χ1n) is 10.8.